The third-order valence-electron chi connectivity index (χ3n) is 1.97. The molecular weight excluding hydrogens is 222 g/mol. The van der Waals surface area contributed by atoms with Gasteiger partial charge in [0.2, 0.25) is 0 Å². The van der Waals surface area contributed by atoms with Gasteiger partial charge in [-0.3, -0.25) is 0 Å². The summed E-state index contributed by atoms with van der Waals surface area (Å²) >= 11 is 0. The normalized spacial score (nSPS) is 10.3. The van der Waals surface area contributed by atoms with Gasteiger partial charge in [-0.05, 0) is 6.92 Å². The largest absolute Gasteiger partial charge is 0.383 e. The average Bonchev–Trinajstić information content (AvgIpc) is 2.36. The highest BCUT2D eigenvalue weighted by Crippen LogP contribution is 2.10. The van der Waals surface area contributed by atoms with Crippen molar-refractivity contribution in [3.8, 4) is 0 Å². The number of aromatic nitrogens is 2. The summed E-state index contributed by atoms with van der Waals surface area (Å²) in [6.07, 6.45) is 0. The van der Waals surface area contributed by atoms with Crippen LogP contribution >= 0.6 is 0 Å². The second-order valence-electron chi connectivity index (χ2n) is 3.26. The molecule has 0 saturated heterocycles. The molecule has 0 aliphatic carbocycles. The molecule has 0 fully saturated rings. The number of nitrogens with one attached hydrogen (secondary N) is 2. The molecule has 1 rings (SSSR count). The molecule has 1 aromatic heterocycles. The van der Waals surface area contributed by atoms with Gasteiger partial charge < -0.3 is 20.2 Å². The van der Waals surface area contributed by atoms with Crippen molar-refractivity contribution in [2.24, 2.45) is 5.84 Å². The van der Waals surface area contributed by atoms with Crippen molar-refractivity contribution in [2.45, 2.75) is 13.5 Å². The lowest BCUT2D eigenvalue weighted by Gasteiger charge is -2.09. The molecule has 0 aromatic carbocycles. The minimum atomic E-state index is 0.366. The Labute approximate surface area is 101 Å². The molecule has 7 heteroatoms. The number of anilines is 2. The standard InChI is InChI=1S/C10H19N5O2/c1-3-17-7-10-13-8(12-4-5-16-2)6-9(14-10)15-11/h6H,3-5,7,11H2,1-2H3,(H2,12,13,14,15). The van der Waals surface area contributed by atoms with E-state index in [0.717, 1.165) is 0 Å². The predicted octanol–water partition coefficient (Wildman–Crippen LogP) is 0.357. The van der Waals surface area contributed by atoms with Gasteiger partial charge in [0.1, 0.15) is 18.2 Å². The molecule has 7 nitrogen and oxygen atoms in total. The van der Waals surface area contributed by atoms with Crippen LogP contribution in [0.4, 0.5) is 11.6 Å². The Morgan fingerprint density at radius 2 is 2.12 bits per heavy atom. The molecule has 0 spiro atoms. The van der Waals surface area contributed by atoms with Crippen LogP contribution in [0.25, 0.3) is 0 Å². The molecular formula is C10H19N5O2. The van der Waals surface area contributed by atoms with E-state index in [0.29, 0.717) is 43.8 Å². The Kier molecular flexibility index (Phi) is 6.23. The van der Waals surface area contributed by atoms with Gasteiger partial charge in [-0.1, -0.05) is 0 Å². The average molecular weight is 241 g/mol. The van der Waals surface area contributed by atoms with Crippen molar-refractivity contribution in [1.29, 1.82) is 0 Å². The van der Waals surface area contributed by atoms with Crippen molar-refractivity contribution in [3.63, 3.8) is 0 Å². The Balaban J connectivity index is 2.67. The van der Waals surface area contributed by atoms with Crippen molar-refractivity contribution < 1.29 is 9.47 Å². The minimum absolute atomic E-state index is 0.366. The molecule has 0 unspecified atom stereocenters. The van der Waals surface area contributed by atoms with Gasteiger partial charge >= 0.3 is 0 Å². The van der Waals surface area contributed by atoms with Crippen LogP contribution in [-0.2, 0) is 16.1 Å². The van der Waals surface area contributed by atoms with Gasteiger partial charge in [0.15, 0.2) is 5.82 Å². The number of rotatable bonds is 8. The van der Waals surface area contributed by atoms with E-state index in [1.807, 2.05) is 6.92 Å². The molecule has 0 bridgehead atoms. The van der Waals surface area contributed by atoms with E-state index in [1.54, 1.807) is 13.2 Å². The zero-order valence-electron chi connectivity index (χ0n) is 10.2. The van der Waals surface area contributed by atoms with Crippen LogP contribution in [0, 0.1) is 0 Å². The summed E-state index contributed by atoms with van der Waals surface area (Å²) in [5, 5.41) is 3.11. The van der Waals surface area contributed by atoms with Gasteiger partial charge in [0, 0.05) is 26.3 Å². The Bertz CT molecular complexity index is 334. The summed E-state index contributed by atoms with van der Waals surface area (Å²) in [6.45, 7) is 4.19. The molecule has 0 amide bonds. The molecule has 96 valence electrons. The molecule has 0 aliphatic rings. The van der Waals surface area contributed by atoms with E-state index in [4.69, 9.17) is 15.3 Å². The monoisotopic (exact) mass is 241 g/mol. The fourth-order valence-electron chi connectivity index (χ4n) is 1.20. The van der Waals surface area contributed by atoms with E-state index in [-0.39, 0.29) is 0 Å². The number of hydrazine groups is 1. The van der Waals surface area contributed by atoms with Crippen LogP contribution in [0.5, 0.6) is 0 Å². The number of nitrogens with two attached hydrogens (primary N) is 1. The molecule has 0 atom stereocenters. The van der Waals surface area contributed by atoms with E-state index in [9.17, 15) is 0 Å². The Hall–Kier alpha value is -1.44. The summed E-state index contributed by atoms with van der Waals surface area (Å²) < 4.78 is 10.2. The van der Waals surface area contributed by atoms with Crippen LogP contribution < -0.4 is 16.6 Å². The van der Waals surface area contributed by atoms with Crippen LogP contribution in [0.3, 0.4) is 0 Å². The SMILES string of the molecule is CCOCc1nc(NN)cc(NCCOC)n1. The fraction of sp³-hybridized carbons (Fsp3) is 0.600. The first kappa shape index (κ1) is 13.6. The molecule has 0 aliphatic heterocycles. The van der Waals surface area contributed by atoms with Crippen molar-refractivity contribution >= 4 is 11.6 Å². The van der Waals surface area contributed by atoms with Gasteiger partial charge in [-0.2, -0.15) is 0 Å². The van der Waals surface area contributed by atoms with Crippen LogP contribution in [0.1, 0.15) is 12.7 Å². The van der Waals surface area contributed by atoms with Crippen molar-refractivity contribution in [1.82, 2.24) is 9.97 Å². The molecule has 1 heterocycles. The number of hydrogen-bond acceptors (Lipinski definition) is 7. The van der Waals surface area contributed by atoms with Gasteiger partial charge in [0.25, 0.3) is 0 Å². The number of nitrogens with zero attached hydrogens (tertiary/aromatic N) is 2. The molecule has 17 heavy (non-hydrogen) atoms. The number of methoxy groups -OCH3 is 1. The Morgan fingerprint density at radius 3 is 2.76 bits per heavy atom. The quantitative estimate of drug-likeness (QED) is 0.343. The highest BCUT2D eigenvalue weighted by molar-refractivity contribution is 5.46. The highest BCUT2D eigenvalue weighted by Gasteiger charge is 2.03. The first-order valence-corrected chi connectivity index (χ1v) is 5.45. The second-order valence-corrected chi connectivity index (χ2v) is 3.26. The third kappa shape index (κ3) is 4.94. The maximum absolute atomic E-state index is 5.34. The van der Waals surface area contributed by atoms with Gasteiger partial charge in [-0.15, -0.1) is 0 Å². The van der Waals surface area contributed by atoms with Gasteiger partial charge in [0.05, 0.1) is 6.61 Å². The lowest BCUT2D eigenvalue weighted by atomic mass is 10.4. The number of hydrogen-bond donors (Lipinski definition) is 3. The van der Waals surface area contributed by atoms with Gasteiger partial charge in [-0.25, -0.2) is 15.8 Å². The Morgan fingerprint density at radius 1 is 1.35 bits per heavy atom. The van der Waals surface area contributed by atoms with Crippen molar-refractivity contribution in [2.75, 3.05) is 37.6 Å². The summed E-state index contributed by atoms with van der Waals surface area (Å²) in [5.74, 6) is 7.17. The summed E-state index contributed by atoms with van der Waals surface area (Å²) in [4.78, 5) is 8.47. The summed E-state index contributed by atoms with van der Waals surface area (Å²) in [6, 6.07) is 1.73. The predicted molar refractivity (Wildman–Crippen MR) is 65.5 cm³/mol. The molecule has 4 N–H and O–H groups in total. The van der Waals surface area contributed by atoms with Crippen LogP contribution in [0.2, 0.25) is 0 Å². The topological polar surface area (TPSA) is 94.3 Å². The van der Waals surface area contributed by atoms with Crippen molar-refractivity contribution in [3.05, 3.63) is 11.9 Å². The zero-order chi connectivity index (χ0) is 12.5. The number of ether oxygens (including phenoxy) is 2. The lowest BCUT2D eigenvalue weighted by molar-refractivity contribution is 0.128. The van der Waals surface area contributed by atoms with E-state index in [1.165, 1.54) is 0 Å². The highest BCUT2D eigenvalue weighted by atomic mass is 16.5. The first-order valence-electron chi connectivity index (χ1n) is 5.45. The second kappa shape index (κ2) is 7.77. The third-order valence-corrected chi connectivity index (χ3v) is 1.97. The van der Waals surface area contributed by atoms with E-state index < -0.39 is 0 Å². The summed E-state index contributed by atoms with van der Waals surface area (Å²) in [5.41, 5.74) is 2.50. The molecule has 0 saturated carbocycles. The minimum Gasteiger partial charge on any atom is -0.383 e. The zero-order valence-corrected chi connectivity index (χ0v) is 10.2. The summed E-state index contributed by atoms with van der Waals surface area (Å²) in [7, 11) is 1.65. The lowest BCUT2D eigenvalue weighted by Crippen LogP contribution is -2.14. The smallest absolute Gasteiger partial charge is 0.158 e. The van der Waals surface area contributed by atoms with Crippen LogP contribution in [-0.4, -0.2) is 36.8 Å². The first-order chi connectivity index (χ1) is 8.30. The van der Waals surface area contributed by atoms with Crippen LogP contribution in [0.15, 0.2) is 6.07 Å². The van der Waals surface area contributed by atoms with E-state index in [2.05, 4.69) is 20.7 Å². The maximum atomic E-state index is 5.34. The maximum Gasteiger partial charge on any atom is 0.158 e. The molecule has 0 radical (unpaired) electrons. The fourth-order valence-corrected chi connectivity index (χ4v) is 1.20. The van der Waals surface area contributed by atoms with E-state index >= 15 is 0 Å². The molecule has 1 aromatic rings. The number of nitrogen functional groups attached to an aromatic ring is 1.